The molecule has 0 aliphatic carbocycles. The van der Waals surface area contributed by atoms with E-state index in [2.05, 4.69) is 40.1 Å². The molecule has 0 fully saturated rings. The Hall–Kier alpha value is -0.0400. The van der Waals surface area contributed by atoms with Crippen LogP contribution in [0.1, 0.15) is 40.5 Å². The zero-order chi connectivity index (χ0) is 8.85. The standard InChI is InChI=1S/C10H23N/c1-6-7-9(4)10(11-5)8(2)3/h8-11H,6-7H2,1-5H3. The van der Waals surface area contributed by atoms with Crippen molar-refractivity contribution in [1.29, 1.82) is 0 Å². The van der Waals surface area contributed by atoms with Gasteiger partial charge in [-0.15, -0.1) is 0 Å². The van der Waals surface area contributed by atoms with E-state index in [1.165, 1.54) is 12.8 Å². The lowest BCUT2D eigenvalue weighted by Crippen LogP contribution is -2.36. The summed E-state index contributed by atoms with van der Waals surface area (Å²) < 4.78 is 0. The molecule has 1 heteroatoms. The van der Waals surface area contributed by atoms with Crippen LogP contribution in [0.2, 0.25) is 0 Å². The summed E-state index contributed by atoms with van der Waals surface area (Å²) in [5.41, 5.74) is 0. The summed E-state index contributed by atoms with van der Waals surface area (Å²) in [6.07, 6.45) is 2.63. The van der Waals surface area contributed by atoms with Gasteiger partial charge < -0.3 is 5.32 Å². The van der Waals surface area contributed by atoms with Gasteiger partial charge in [0.15, 0.2) is 0 Å². The topological polar surface area (TPSA) is 12.0 Å². The summed E-state index contributed by atoms with van der Waals surface area (Å²) >= 11 is 0. The molecule has 2 unspecified atom stereocenters. The van der Waals surface area contributed by atoms with Gasteiger partial charge in [-0.1, -0.05) is 34.1 Å². The van der Waals surface area contributed by atoms with Gasteiger partial charge >= 0.3 is 0 Å². The largest absolute Gasteiger partial charge is 0.316 e. The van der Waals surface area contributed by atoms with Crippen LogP contribution < -0.4 is 5.32 Å². The molecule has 1 N–H and O–H groups in total. The maximum atomic E-state index is 3.39. The zero-order valence-electron chi connectivity index (χ0n) is 8.65. The molecule has 0 spiro atoms. The Morgan fingerprint density at radius 2 is 1.73 bits per heavy atom. The first kappa shape index (κ1) is 11.0. The van der Waals surface area contributed by atoms with Crippen LogP contribution >= 0.6 is 0 Å². The fourth-order valence-corrected chi connectivity index (χ4v) is 1.91. The summed E-state index contributed by atoms with van der Waals surface area (Å²) in [5.74, 6) is 1.56. The van der Waals surface area contributed by atoms with E-state index < -0.39 is 0 Å². The molecule has 1 nitrogen and oxygen atoms in total. The second kappa shape index (κ2) is 5.59. The third kappa shape index (κ3) is 3.76. The molecule has 0 amide bonds. The van der Waals surface area contributed by atoms with Gasteiger partial charge in [0.1, 0.15) is 0 Å². The minimum atomic E-state index is 0.690. The lowest BCUT2D eigenvalue weighted by molar-refractivity contribution is 0.300. The molecule has 0 aromatic heterocycles. The lowest BCUT2D eigenvalue weighted by Gasteiger charge is -2.26. The molecule has 0 saturated heterocycles. The van der Waals surface area contributed by atoms with E-state index in [4.69, 9.17) is 0 Å². The van der Waals surface area contributed by atoms with Gasteiger partial charge in [0.25, 0.3) is 0 Å². The third-order valence-electron chi connectivity index (χ3n) is 2.41. The van der Waals surface area contributed by atoms with Gasteiger partial charge in [-0.3, -0.25) is 0 Å². The second-order valence-electron chi connectivity index (χ2n) is 3.82. The molecular weight excluding hydrogens is 134 g/mol. The maximum absolute atomic E-state index is 3.39. The summed E-state index contributed by atoms with van der Waals surface area (Å²) in [7, 11) is 2.07. The van der Waals surface area contributed by atoms with E-state index in [0.29, 0.717) is 6.04 Å². The van der Waals surface area contributed by atoms with Gasteiger partial charge in [0, 0.05) is 6.04 Å². The first-order valence-corrected chi connectivity index (χ1v) is 4.80. The molecule has 0 aromatic rings. The Balaban J connectivity index is 3.81. The van der Waals surface area contributed by atoms with Crippen LogP contribution in [0.3, 0.4) is 0 Å². The van der Waals surface area contributed by atoms with Crippen LogP contribution in [0, 0.1) is 11.8 Å². The Morgan fingerprint density at radius 1 is 1.18 bits per heavy atom. The predicted octanol–water partition coefficient (Wildman–Crippen LogP) is 2.67. The van der Waals surface area contributed by atoms with Crippen LogP contribution in [-0.4, -0.2) is 13.1 Å². The minimum Gasteiger partial charge on any atom is -0.316 e. The molecule has 0 heterocycles. The van der Waals surface area contributed by atoms with Crippen LogP contribution in [-0.2, 0) is 0 Å². The van der Waals surface area contributed by atoms with Crippen LogP contribution in [0.5, 0.6) is 0 Å². The highest BCUT2D eigenvalue weighted by Gasteiger charge is 2.17. The highest BCUT2D eigenvalue weighted by atomic mass is 14.9. The first-order valence-electron chi connectivity index (χ1n) is 4.80. The quantitative estimate of drug-likeness (QED) is 0.647. The SMILES string of the molecule is CCCC(C)C(NC)C(C)C. The fraction of sp³-hybridized carbons (Fsp3) is 1.00. The van der Waals surface area contributed by atoms with E-state index >= 15 is 0 Å². The molecule has 11 heavy (non-hydrogen) atoms. The van der Waals surface area contributed by atoms with Crippen molar-refractivity contribution in [2.75, 3.05) is 7.05 Å². The fourth-order valence-electron chi connectivity index (χ4n) is 1.91. The van der Waals surface area contributed by atoms with Crippen molar-refractivity contribution in [1.82, 2.24) is 5.32 Å². The second-order valence-corrected chi connectivity index (χ2v) is 3.82. The maximum Gasteiger partial charge on any atom is 0.0113 e. The number of hydrogen-bond acceptors (Lipinski definition) is 1. The van der Waals surface area contributed by atoms with Crippen molar-refractivity contribution >= 4 is 0 Å². The summed E-state index contributed by atoms with van der Waals surface area (Å²) in [4.78, 5) is 0. The third-order valence-corrected chi connectivity index (χ3v) is 2.41. The van der Waals surface area contributed by atoms with E-state index in [0.717, 1.165) is 11.8 Å². The average molecular weight is 157 g/mol. The Labute approximate surface area is 71.6 Å². The van der Waals surface area contributed by atoms with Gasteiger partial charge in [0.2, 0.25) is 0 Å². The number of nitrogens with one attached hydrogen (secondary N) is 1. The lowest BCUT2D eigenvalue weighted by atomic mass is 9.89. The van der Waals surface area contributed by atoms with E-state index in [1.54, 1.807) is 0 Å². The Morgan fingerprint density at radius 3 is 2.00 bits per heavy atom. The average Bonchev–Trinajstić information content (AvgIpc) is 1.88. The molecule has 0 radical (unpaired) electrons. The zero-order valence-corrected chi connectivity index (χ0v) is 8.65. The van der Waals surface area contributed by atoms with Crippen molar-refractivity contribution in [2.45, 2.75) is 46.6 Å². The van der Waals surface area contributed by atoms with Crippen LogP contribution in [0.4, 0.5) is 0 Å². The number of rotatable bonds is 5. The monoisotopic (exact) mass is 157 g/mol. The predicted molar refractivity (Wildman–Crippen MR) is 51.8 cm³/mol. The Kier molecular flexibility index (Phi) is 5.57. The van der Waals surface area contributed by atoms with Gasteiger partial charge in [0.05, 0.1) is 0 Å². The summed E-state index contributed by atoms with van der Waals surface area (Å²) in [6, 6.07) is 0.690. The summed E-state index contributed by atoms with van der Waals surface area (Å²) in [5, 5.41) is 3.39. The van der Waals surface area contributed by atoms with Crippen LogP contribution in [0.25, 0.3) is 0 Å². The van der Waals surface area contributed by atoms with Gasteiger partial charge in [-0.2, -0.15) is 0 Å². The first-order chi connectivity index (χ1) is 5.13. The molecule has 2 atom stereocenters. The Bertz CT molecular complexity index is 88.9. The smallest absolute Gasteiger partial charge is 0.0113 e. The highest BCUT2D eigenvalue weighted by molar-refractivity contribution is 4.74. The van der Waals surface area contributed by atoms with Crippen molar-refractivity contribution in [3.63, 3.8) is 0 Å². The van der Waals surface area contributed by atoms with Gasteiger partial charge in [-0.25, -0.2) is 0 Å². The van der Waals surface area contributed by atoms with Crippen LogP contribution in [0.15, 0.2) is 0 Å². The molecule has 0 rings (SSSR count). The normalized spacial score (nSPS) is 16.9. The molecule has 0 bridgehead atoms. The molecule has 0 aliphatic heterocycles. The molecule has 0 aliphatic rings. The van der Waals surface area contributed by atoms with Crippen molar-refractivity contribution in [3.8, 4) is 0 Å². The molecule has 0 saturated carbocycles. The molecule has 0 aromatic carbocycles. The molecular formula is C10H23N. The minimum absolute atomic E-state index is 0.690. The van der Waals surface area contributed by atoms with E-state index in [-0.39, 0.29) is 0 Å². The van der Waals surface area contributed by atoms with Crippen molar-refractivity contribution < 1.29 is 0 Å². The van der Waals surface area contributed by atoms with E-state index in [9.17, 15) is 0 Å². The number of hydrogen-bond donors (Lipinski definition) is 1. The highest BCUT2D eigenvalue weighted by Crippen LogP contribution is 2.16. The summed E-state index contributed by atoms with van der Waals surface area (Å²) in [6.45, 7) is 9.16. The van der Waals surface area contributed by atoms with Crippen molar-refractivity contribution in [2.24, 2.45) is 11.8 Å². The molecule has 68 valence electrons. The van der Waals surface area contributed by atoms with Crippen molar-refractivity contribution in [3.05, 3.63) is 0 Å². The van der Waals surface area contributed by atoms with Gasteiger partial charge in [-0.05, 0) is 25.3 Å². The van der Waals surface area contributed by atoms with E-state index in [1.807, 2.05) is 0 Å².